The fourth-order valence-electron chi connectivity index (χ4n) is 1.82. The van der Waals surface area contributed by atoms with Crippen LogP contribution in [0.25, 0.3) is 0 Å². The van der Waals surface area contributed by atoms with Crippen molar-refractivity contribution in [1.29, 1.82) is 0 Å². The van der Waals surface area contributed by atoms with Crippen molar-refractivity contribution in [2.24, 2.45) is 0 Å². The van der Waals surface area contributed by atoms with Gasteiger partial charge in [-0.05, 0) is 32.9 Å². The fourth-order valence-corrected chi connectivity index (χ4v) is 1.82. The summed E-state index contributed by atoms with van der Waals surface area (Å²) >= 11 is 0. The van der Waals surface area contributed by atoms with Crippen LogP contribution in [0.2, 0.25) is 0 Å². The van der Waals surface area contributed by atoms with Crippen LogP contribution in [0.15, 0.2) is 36.7 Å². The Balaban J connectivity index is 2.09. The fraction of sp³-hybridized carbons (Fsp3) is 0.312. The van der Waals surface area contributed by atoms with Gasteiger partial charge in [-0.3, -0.25) is 4.79 Å². The molecule has 2 N–H and O–H groups in total. The number of hydrogen-bond acceptors (Lipinski definition) is 5. The zero-order chi connectivity index (χ0) is 15.9. The topological polar surface area (TPSA) is 76.1 Å². The lowest BCUT2D eigenvalue weighted by Gasteiger charge is -2.11. The van der Waals surface area contributed by atoms with E-state index in [0.717, 1.165) is 0 Å². The maximum atomic E-state index is 12.2. The molecule has 0 aliphatic carbocycles. The third-order valence-electron chi connectivity index (χ3n) is 2.77. The predicted molar refractivity (Wildman–Crippen MR) is 86.4 cm³/mol. The lowest BCUT2D eigenvalue weighted by Crippen LogP contribution is -2.16. The van der Waals surface area contributed by atoms with E-state index in [-0.39, 0.29) is 11.9 Å². The van der Waals surface area contributed by atoms with Crippen LogP contribution >= 0.6 is 0 Å². The normalized spacial score (nSPS) is 10.4. The molecule has 0 saturated carbocycles. The molecule has 0 spiro atoms. The maximum absolute atomic E-state index is 12.2. The van der Waals surface area contributed by atoms with Gasteiger partial charge in [0.05, 0.1) is 17.9 Å². The van der Waals surface area contributed by atoms with Crippen LogP contribution in [0.5, 0.6) is 5.75 Å². The second-order valence-corrected chi connectivity index (χ2v) is 4.98. The van der Waals surface area contributed by atoms with Crippen molar-refractivity contribution in [1.82, 2.24) is 9.97 Å². The van der Waals surface area contributed by atoms with Gasteiger partial charge in [0.1, 0.15) is 5.75 Å². The second kappa shape index (κ2) is 7.40. The summed E-state index contributed by atoms with van der Waals surface area (Å²) in [6.45, 7) is 6.42. The van der Waals surface area contributed by atoms with Gasteiger partial charge < -0.3 is 15.4 Å². The number of nitrogens with one attached hydrogen (secondary N) is 2. The highest BCUT2D eigenvalue weighted by molar-refractivity contribution is 6.04. The number of rotatable bonds is 6. The summed E-state index contributed by atoms with van der Waals surface area (Å²) in [7, 11) is 0. The largest absolute Gasteiger partial charge is 0.492 e. The molecule has 116 valence electrons. The van der Waals surface area contributed by atoms with Crippen molar-refractivity contribution in [3.8, 4) is 5.75 Å². The van der Waals surface area contributed by atoms with Crippen LogP contribution in [0, 0.1) is 0 Å². The third kappa shape index (κ3) is 4.18. The minimum Gasteiger partial charge on any atom is -0.492 e. The molecule has 2 aromatic rings. The molecule has 0 unspecified atom stereocenters. The molecule has 0 atom stereocenters. The van der Waals surface area contributed by atoms with E-state index in [9.17, 15) is 4.79 Å². The first-order valence-corrected chi connectivity index (χ1v) is 7.22. The molecule has 0 bridgehead atoms. The van der Waals surface area contributed by atoms with Gasteiger partial charge in [0.15, 0.2) is 0 Å². The Bertz CT molecular complexity index is 626. The first-order chi connectivity index (χ1) is 10.6. The number of anilines is 2. The average molecular weight is 300 g/mol. The summed E-state index contributed by atoms with van der Waals surface area (Å²) in [6, 6.07) is 7.53. The van der Waals surface area contributed by atoms with E-state index in [1.54, 1.807) is 6.07 Å². The summed E-state index contributed by atoms with van der Waals surface area (Å²) < 4.78 is 5.48. The zero-order valence-electron chi connectivity index (χ0n) is 13.0. The Kier molecular flexibility index (Phi) is 5.30. The van der Waals surface area contributed by atoms with E-state index < -0.39 is 0 Å². The van der Waals surface area contributed by atoms with Gasteiger partial charge in [0, 0.05) is 18.4 Å². The predicted octanol–water partition coefficient (Wildman–Crippen LogP) is 2.95. The third-order valence-corrected chi connectivity index (χ3v) is 2.77. The van der Waals surface area contributed by atoms with Crippen LogP contribution in [0.3, 0.4) is 0 Å². The number of para-hydroxylation sites is 2. The molecule has 0 aliphatic heterocycles. The number of ether oxygens (including phenoxy) is 1. The molecular weight excluding hydrogens is 280 g/mol. The number of benzene rings is 1. The van der Waals surface area contributed by atoms with E-state index in [4.69, 9.17) is 4.74 Å². The van der Waals surface area contributed by atoms with Gasteiger partial charge in [0.2, 0.25) is 5.95 Å². The van der Waals surface area contributed by atoms with Crippen molar-refractivity contribution in [2.45, 2.75) is 26.8 Å². The van der Waals surface area contributed by atoms with Crippen molar-refractivity contribution in [3.63, 3.8) is 0 Å². The molecular formula is C16H20N4O2. The SMILES string of the molecule is CCOc1ccccc1NC(=O)c1cnc(NC(C)C)nc1. The summed E-state index contributed by atoms with van der Waals surface area (Å²) in [5, 5.41) is 5.88. The smallest absolute Gasteiger partial charge is 0.258 e. The van der Waals surface area contributed by atoms with Crippen LogP contribution in [-0.2, 0) is 0 Å². The van der Waals surface area contributed by atoms with Crippen molar-refractivity contribution >= 4 is 17.5 Å². The van der Waals surface area contributed by atoms with Crippen LogP contribution in [0.1, 0.15) is 31.1 Å². The van der Waals surface area contributed by atoms with Gasteiger partial charge in [-0.25, -0.2) is 9.97 Å². The highest BCUT2D eigenvalue weighted by Gasteiger charge is 2.11. The van der Waals surface area contributed by atoms with E-state index in [2.05, 4.69) is 20.6 Å². The Morgan fingerprint density at radius 1 is 1.23 bits per heavy atom. The lowest BCUT2D eigenvalue weighted by molar-refractivity contribution is 0.102. The van der Waals surface area contributed by atoms with Gasteiger partial charge in [0.25, 0.3) is 5.91 Å². The molecule has 0 aliphatic rings. The summed E-state index contributed by atoms with van der Waals surface area (Å²) in [5.41, 5.74) is 1.01. The molecule has 1 aromatic heterocycles. The molecule has 1 amide bonds. The van der Waals surface area contributed by atoms with Gasteiger partial charge in [-0.2, -0.15) is 0 Å². The van der Waals surface area contributed by atoms with Crippen molar-refractivity contribution < 1.29 is 9.53 Å². The van der Waals surface area contributed by atoms with E-state index in [1.807, 2.05) is 39.0 Å². The van der Waals surface area contributed by atoms with Crippen LogP contribution in [0.4, 0.5) is 11.6 Å². The van der Waals surface area contributed by atoms with Gasteiger partial charge in [-0.1, -0.05) is 12.1 Å². The quantitative estimate of drug-likeness (QED) is 0.857. The number of nitrogens with zero attached hydrogens (tertiary/aromatic N) is 2. The standard InChI is InChI=1S/C16H20N4O2/c1-4-22-14-8-6-5-7-13(14)20-15(21)12-9-17-16(18-10-12)19-11(2)3/h5-11H,4H2,1-3H3,(H,20,21)(H,17,18,19). The molecule has 22 heavy (non-hydrogen) atoms. The Hall–Kier alpha value is -2.63. The molecule has 6 heteroatoms. The average Bonchev–Trinajstić information content (AvgIpc) is 2.49. The minimum atomic E-state index is -0.275. The number of hydrogen-bond donors (Lipinski definition) is 2. The summed E-state index contributed by atoms with van der Waals surface area (Å²) in [6.07, 6.45) is 2.99. The minimum absolute atomic E-state index is 0.234. The Morgan fingerprint density at radius 3 is 2.55 bits per heavy atom. The first kappa shape index (κ1) is 15.8. The first-order valence-electron chi connectivity index (χ1n) is 7.22. The Morgan fingerprint density at radius 2 is 1.91 bits per heavy atom. The molecule has 0 radical (unpaired) electrons. The molecule has 1 heterocycles. The summed E-state index contributed by atoms with van der Waals surface area (Å²) in [5.74, 6) is 0.863. The molecule has 2 rings (SSSR count). The highest BCUT2D eigenvalue weighted by atomic mass is 16.5. The zero-order valence-corrected chi connectivity index (χ0v) is 13.0. The van der Waals surface area contributed by atoms with Crippen molar-refractivity contribution in [2.75, 3.05) is 17.2 Å². The van der Waals surface area contributed by atoms with Crippen molar-refractivity contribution in [3.05, 3.63) is 42.2 Å². The van der Waals surface area contributed by atoms with E-state index in [0.29, 0.717) is 29.6 Å². The molecule has 0 saturated heterocycles. The summed E-state index contributed by atoms with van der Waals surface area (Å²) in [4.78, 5) is 20.5. The van der Waals surface area contributed by atoms with Gasteiger partial charge in [-0.15, -0.1) is 0 Å². The van der Waals surface area contributed by atoms with Gasteiger partial charge >= 0.3 is 0 Å². The number of amides is 1. The molecule has 6 nitrogen and oxygen atoms in total. The lowest BCUT2D eigenvalue weighted by atomic mass is 10.2. The number of carbonyl (C=O) groups is 1. The van der Waals surface area contributed by atoms with E-state index in [1.165, 1.54) is 12.4 Å². The monoisotopic (exact) mass is 300 g/mol. The number of carbonyl (C=O) groups excluding carboxylic acids is 1. The van der Waals surface area contributed by atoms with Crippen LogP contribution < -0.4 is 15.4 Å². The highest BCUT2D eigenvalue weighted by Crippen LogP contribution is 2.24. The second-order valence-electron chi connectivity index (χ2n) is 4.98. The Labute approximate surface area is 129 Å². The molecule has 0 fully saturated rings. The maximum Gasteiger partial charge on any atom is 0.258 e. The molecule has 1 aromatic carbocycles. The van der Waals surface area contributed by atoms with E-state index >= 15 is 0 Å². The van der Waals surface area contributed by atoms with Crippen LogP contribution in [-0.4, -0.2) is 28.5 Å². The number of aromatic nitrogens is 2.